The van der Waals surface area contributed by atoms with Gasteiger partial charge >= 0.3 is 0 Å². The van der Waals surface area contributed by atoms with Gasteiger partial charge in [-0.05, 0) is 86.2 Å². The van der Waals surface area contributed by atoms with Crippen molar-refractivity contribution >= 4 is 11.8 Å². The minimum absolute atomic E-state index is 0.0197. The van der Waals surface area contributed by atoms with Crippen molar-refractivity contribution < 1.29 is 14.3 Å². The van der Waals surface area contributed by atoms with Gasteiger partial charge in [-0.25, -0.2) is 0 Å². The first kappa shape index (κ1) is 21.8. The molecule has 1 aromatic carbocycles. The molecular weight excluding hydrogens is 400 g/mol. The summed E-state index contributed by atoms with van der Waals surface area (Å²) in [7, 11) is 0. The summed E-state index contributed by atoms with van der Waals surface area (Å²) in [6, 6.07) is 7.91. The van der Waals surface area contributed by atoms with Gasteiger partial charge in [-0.2, -0.15) is 0 Å². The predicted octanol–water partition coefficient (Wildman–Crippen LogP) is 4.30. The highest BCUT2D eigenvalue weighted by Gasteiger charge is 2.51. The molecule has 1 saturated heterocycles. The van der Waals surface area contributed by atoms with Crippen LogP contribution >= 0.6 is 0 Å². The van der Waals surface area contributed by atoms with Crippen LogP contribution in [0.15, 0.2) is 24.3 Å². The van der Waals surface area contributed by atoms with Crippen LogP contribution in [0.25, 0.3) is 0 Å². The van der Waals surface area contributed by atoms with Crippen LogP contribution in [0.3, 0.4) is 0 Å². The zero-order chi connectivity index (χ0) is 22.1. The molecule has 32 heavy (non-hydrogen) atoms. The van der Waals surface area contributed by atoms with Crippen LogP contribution in [0.4, 0.5) is 0 Å². The molecule has 0 radical (unpaired) electrons. The van der Waals surface area contributed by atoms with Crippen LogP contribution in [0.1, 0.15) is 63.9 Å². The number of aryl methyl sites for hydroxylation is 1. The lowest BCUT2D eigenvalue weighted by Gasteiger charge is -2.57. The molecule has 0 aromatic heterocycles. The van der Waals surface area contributed by atoms with E-state index in [0.717, 1.165) is 54.9 Å². The van der Waals surface area contributed by atoms with E-state index in [1.165, 1.54) is 38.5 Å². The minimum Gasteiger partial charge on any atom is -0.483 e. The molecule has 6 rings (SSSR count). The Morgan fingerprint density at radius 2 is 1.50 bits per heavy atom. The number of amides is 2. The van der Waals surface area contributed by atoms with Crippen LogP contribution < -0.4 is 4.74 Å². The Labute approximate surface area is 192 Å². The number of hydrogen-bond donors (Lipinski definition) is 0. The standard InChI is InChI=1S/C27H38N2O3/c1-2-23-6-3-4-7-24(23)32-19-26(31)29-9-5-8-28(10-11-29)25(30)18-27-15-20-12-21(16-27)14-22(13-20)17-27/h3-4,6-7,20-22H,2,5,8-19H2,1H3. The van der Waals surface area contributed by atoms with Gasteiger partial charge < -0.3 is 14.5 Å². The van der Waals surface area contributed by atoms with Crippen molar-refractivity contribution in [1.82, 2.24) is 9.80 Å². The summed E-state index contributed by atoms with van der Waals surface area (Å²) >= 11 is 0. The van der Waals surface area contributed by atoms with Gasteiger partial charge in [-0.3, -0.25) is 9.59 Å². The number of carbonyl (C=O) groups excluding carboxylic acids is 2. The maximum absolute atomic E-state index is 13.3. The van der Waals surface area contributed by atoms with E-state index in [1.807, 2.05) is 34.1 Å². The quantitative estimate of drug-likeness (QED) is 0.666. The molecule has 0 unspecified atom stereocenters. The number of rotatable bonds is 6. The summed E-state index contributed by atoms with van der Waals surface area (Å²) in [6.07, 6.45) is 10.6. The summed E-state index contributed by atoms with van der Waals surface area (Å²) in [4.78, 5) is 30.0. The van der Waals surface area contributed by atoms with Gasteiger partial charge in [0.05, 0.1) is 0 Å². The molecule has 0 spiro atoms. The lowest BCUT2D eigenvalue weighted by Crippen LogP contribution is -2.48. The summed E-state index contributed by atoms with van der Waals surface area (Å²) in [5, 5.41) is 0. The molecule has 1 heterocycles. The van der Waals surface area contributed by atoms with Crippen LogP contribution in [0.2, 0.25) is 0 Å². The molecular formula is C27H38N2O3. The molecule has 5 aliphatic rings. The van der Waals surface area contributed by atoms with Gasteiger partial charge in [0.2, 0.25) is 5.91 Å². The van der Waals surface area contributed by atoms with E-state index in [-0.39, 0.29) is 17.9 Å². The molecule has 0 atom stereocenters. The normalized spacial score (nSPS) is 31.5. The number of nitrogens with zero attached hydrogens (tertiary/aromatic N) is 2. The third kappa shape index (κ3) is 4.53. The Bertz CT molecular complexity index is 816. The van der Waals surface area contributed by atoms with Gasteiger partial charge in [0.25, 0.3) is 5.91 Å². The number of benzene rings is 1. The highest BCUT2D eigenvalue weighted by molar-refractivity contribution is 5.79. The van der Waals surface area contributed by atoms with E-state index < -0.39 is 0 Å². The summed E-state index contributed by atoms with van der Waals surface area (Å²) < 4.78 is 5.85. The van der Waals surface area contributed by atoms with Crippen molar-refractivity contribution in [3.63, 3.8) is 0 Å². The number of para-hydroxylation sites is 1. The first-order valence-corrected chi connectivity index (χ1v) is 12.8. The van der Waals surface area contributed by atoms with Crippen LogP contribution in [-0.2, 0) is 16.0 Å². The van der Waals surface area contributed by atoms with E-state index in [9.17, 15) is 9.59 Å². The molecule has 2 amide bonds. The minimum atomic E-state index is 0.0197. The number of hydrogen-bond acceptors (Lipinski definition) is 3. The fraction of sp³-hybridized carbons (Fsp3) is 0.704. The Morgan fingerprint density at radius 3 is 2.12 bits per heavy atom. The molecule has 4 bridgehead atoms. The molecule has 5 fully saturated rings. The average molecular weight is 439 g/mol. The Balaban J connectivity index is 1.13. The third-order valence-corrected chi connectivity index (χ3v) is 8.60. The highest BCUT2D eigenvalue weighted by atomic mass is 16.5. The average Bonchev–Trinajstić information content (AvgIpc) is 3.03. The van der Waals surface area contributed by atoms with Gasteiger partial charge in [0.1, 0.15) is 5.75 Å². The van der Waals surface area contributed by atoms with Crippen molar-refractivity contribution in [2.45, 2.75) is 64.7 Å². The summed E-state index contributed by atoms with van der Waals surface area (Å²) in [5.74, 6) is 3.78. The fourth-order valence-electron chi connectivity index (χ4n) is 7.52. The van der Waals surface area contributed by atoms with Crippen molar-refractivity contribution in [1.29, 1.82) is 0 Å². The van der Waals surface area contributed by atoms with Gasteiger partial charge in [0.15, 0.2) is 6.61 Å². The lowest BCUT2D eigenvalue weighted by molar-refractivity contribution is -0.140. The smallest absolute Gasteiger partial charge is 0.260 e. The molecule has 1 aliphatic heterocycles. The molecule has 174 valence electrons. The molecule has 4 saturated carbocycles. The molecule has 1 aromatic rings. The van der Waals surface area contributed by atoms with Gasteiger partial charge in [-0.1, -0.05) is 25.1 Å². The molecule has 0 N–H and O–H groups in total. The topological polar surface area (TPSA) is 49.9 Å². The molecule has 4 aliphatic carbocycles. The number of ether oxygens (including phenoxy) is 1. The predicted molar refractivity (Wildman–Crippen MR) is 124 cm³/mol. The van der Waals surface area contributed by atoms with Crippen molar-refractivity contribution in [3.05, 3.63) is 29.8 Å². The zero-order valence-corrected chi connectivity index (χ0v) is 19.6. The lowest BCUT2D eigenvalue weighted by atomic mass is 9.49. The summed E-state index contributed by atoms with van der Waals surface area (Å²) in [5.41, 5.74) is 1.41. The Kier molecular flexibility index (Phi) is 6.18. The summed E-state index contributed by atoms with van der Waals surface area (Å²) in [6.45, 7) is 4.91. The van der Waals surface area contributed by atoms with E-state index >= 15 is 0 Å². The van der Waals surface area contributed by atoms with Crippen LogP contribution in [0.5, 0.6) is 5.75 Å². The second-order valence-corrected chi connectivity index (χ2v) is 11.0. The second-order valence-electron chi connectivity index (χ2n) is 11.0. The maximum Gasteiger partial charge on any atom is 0.260 e. The molecule has 5 heteroatoms. The maximum atomic E-state index is 13.3. The zero-order valence-electron chi connectivity index (χ0n) is 19.6. The SMILES string of the molecule is CCc1ccccc1OCC(=O)N1CCCN(C(=O)CC23CC4CC(CC(C4)C2)C3)CC1. The fourth-order valence-corrected chi connectivity index (χ4v) is 7.52. The van der Waals surface area contributed by atoms with Gasteiger partial charge in [0, 0.05) is 32.6 Å². The first-order chi connectivity index (χ1) is 15.5. The van der Waals surface area contributed by atoms with Crippen molar-refractivity contribution in [2.75, 3.05) is 32.8 Å². The first-order valence-electron chi connectivity index (χ1n) is 12.8. The van der Waals surface area contributed by atoms with Crippen LogP contribution in [0, 0.1) is 23.2 Å². The second kappa shape index (κ2) is 9.07. The van der Waals surface area contributed by atoms with E-state index in [1.54, 1.807) is 0 Å². The van der Waals surface area contributed by atoms with Gasteiger partial charge in [-0.15, -0.1) is 0 Å². The highest BCUT2D eigenvalue weighted by Crippen LogP contribution is 2.61. The van der Waals surface area contributed by atoms with Crippen molar-refractivity contribution in [2.24, 2.45) is 23.2 Å². The van der Waals surface area contributed by atoms with E-state index in [4.69, 9.17) is 4.74 Å². The Morgan fingerprint density at radius 1 is 0.906 bits per heavy atom. The molecule has 5 nitrogen and oxygen atoms in total. The Hall–Kier alpha value is -2.04. The van der Waals surface area contributed by atoms with Crippen molar-refractivity contribution in [3.8, 4) is 5.75 Å². The third-order valence-electron chi connectivity index (χ3n) is 8.60. The van der Waals surface area contributed by atoms with E-state index in [0.29, 0.717) is 25.5 Å². The monoisotopic (exact) mass is 438 g/mol. The van der Waals surface area contributed by atoms with Crippen LogP contribution in [-0.4, -0.2) is 54.4 Å². The number of carbonyl (C=O) groups is 2. The largest absolute Gasteiger partial charge is 0.483 e. The van der Waals surface area contributed by atoms with E-state index in [2.05, 4.69) is 6.92 Å².